The highest BCUT2D eigenvalue weighted by Gasteiger charge is 2.20. The van der Waals surface area contributed by atoms with E-state index in [4.69, 9.17) is 5.73 Å². The Morgan fingerprint density at radius 1 is 1.19 bits per heavy atom. The number of nitrogens with two attached hydrogens (primary N) is 1. The average molecular weight is 337 g/mol. The van der Waals surface area contributed by atoms with E-state index in [0.717, 1.165) is 24.9 Å². The molecule has 2 aliphatic rings. The zero-order valence-corrected chi connectivity index (χ0v) is 12.3. The van der Waals surface area contributed by atoms with Crippen LogP contribution in [0.5, 0.6) is 0 Å². The largest absolute Gasteiger partial charge is 0.370 e. The van der Waals surface area contributed by atoms with Crippen LogP contribution in [0.3, 0.4) is 0 Å². The third-order valence-electron chi connectivity index (χ3n) is 3.54. The van der Waals surface area contributed by atoms with Gasteiger partial charge in [-0.05, 0) is 37.5 Å². The van der Waals surface area contributed by atoms with Crippen LogP contribution in [0.1, 0.15) is 44.9 Å². The van der Waals surface area contributed by atoms with E-state index in [1.807, 2.05) is 0 Å². The Balaban J connectivity index is 0.00000128. The topological polar surface area (TPSA) is 50.4 Å². The fraction of sp³-hybridized carbons (Fsp3) is 0.917. The van der Waals surface area contributed by atoms with Gasteiger partial charge in [-0.15, -0.1) is 24.0 Å². The molecule has 0 aliphatic heterocycles. The predicted molar refractivity (Wildman–Crippen MR) is 79.2 cm³/mol. The average Bonchev–Trinajstić information content (AvgIpc) is 2.93. The highest BCUT2D eigenvalue weighted by Crippen LogP contribution is 2.33. The first-order chi connectivity index (χ1) is 7.34. The lowest BCUT2D eigenvalue weighted by molar-refractivity contribution is 0.326. The molecule has 2 rings (SSSR count). The number of nitrogens with one attached hydrogen (secondary N) is 1. The number of nitrogens with zero attached hydrogens (tertiary/aromatic N) is 1. The molecule has 0 aromatic heterocycles. The Kier molecular flexibility index (Phi) is 6.46. The number of guanidine groups is 1. The van der Waals surface area contributed by atoms with Crippen LogP contribution < -0.4 is 11.1 Å². The number of rotatable bonds is 6. The third-order valence-corrected chi connectivity index (χ3v) is 3.54. The van der Waals surface area contributed by atoms with Crippen LogP contribution in [0.2, 0.25) is 0 Å². The van der Waals surface area contributed by atoms with Gasteiger partial charge in [-0.1, -0.05) is 19.3 Å². The maximum Gasteiger partial charge on any atom is 0.188 e. The summed E-state index contributed by atoms with van der Waals surface area (Å²) in [6.45, 7) is 1.93. The van der Waals surface area contributed by atoms with Crippen LogP contribution >= 0.6 is 24.0 Å². The normalized spacial score (nSPS) is 21.1. The molecular formula is C12H24IN3. The van der Waals surface area contributed by atoms with Crippen LogP contribution in [0.4, 0.5) is 0 Å². The third kappa shape index (κ3) is 5.37. The van der Waals surface area contributed by atoms with Gasteiger partial charge in [0, 0.05) is 13.1 Å². The molecule has 94 valence electrons. The van der Waals surface area contributed by atoms with Gasteiger partial charge in [0.15, 0.2) is 5.96 Å². The Labute approximate surface area is 116 Å². The monoisotopic (exact) mass is 337 g/mol. The summed E-state index contributed by atoms with van der Waals surface area (Å²) in [7, 11) is 0. The Morgan fingerprint density at radius 2 is 1.94 bits per heavy atom. The highest BCUT2D eigenvalue weighted by molar-refractivity contribution is 14.0. The number of aliphatic imine (C=N–C) groups is 1. The fourth-order valence-corrected chi connectivity index (χ4v) is 1.97. The molecule has 0 amide bonds. The second-order valence-corrected chi connectivity index (χ2v) is 5.04. The quantitative estimate of drug-likeness (QED) is 0.339. The van der Waals surface area contributed by atoms with Gasteiger partial charge in [-0.25, -0.2) is 0 Å². The highest BCUT2D eigenvalue weighted by atomic mass is 127. The van der Waals surface area contributed by atoms with E-state index in [1.54, 1.807) is 0 Å². The SMILES string of the molecule is I.NC(=NCC1CCC1)NCCCC1CC1. The molecule has 3 N–H and O–H groups in total. The van der Waals surface area contributed by atoms with Gasteiger partial charge in [0.25, 0.3) is 0 Å². The van der Waals surface area contributed by atoms with Crippen molar-refractivity contribution in [2.24, 2.45) is 22.6 Å². The van der Waals surface area contributed by atoms with Crippen LogP contribution in [-0.4, -0.2) is 19.0 Å². The van der Waals surface area contributed by atoms with Crippen molar-refractivity contribution >= 4 is 29.9 Å². The molecule has 0 radical (unpaired) electrons. The van der Waals surface area contributed by atoms with Gasteiger partial charge in [0.1, 0.15) is 0 Å². The summed E-state index contributed by atoms with van der Waals surface area (Å²) >= 11 is 0. The molecule has 0 saturated heterocycles. The zero-order valence-electron chi connectivity index (χ0n) is 9.95. The Bertz CT molecular complexity index is 222. The summed E-state index contributed by atoms with van der Waals surface area (Å²) in [5.74, 6) is 2.49. The lowest BCUT2D eigenvalue weighted by Crippen LogP contribution is -2.33. The minimum Gasteiger partial charge on any atom is -0.370 e. The van der Waals surface area contributed by atoms with Crippen molar-refractivity contribution in [3.05, 3.63) is 0 Å². The molecule has 0 aromatic rings. The summed E-state index contributed by atoms with van der Waals surface area (Å²) in [4.78, 5) is 4.36. The lowest BCUT2D eigenvalue weighted by Gasteiger charge is -2.23. The van der Waals surface area contributed by atoms with E-state index < -0.39 is 0 Å². The summed E-state index contributed by atoms with van der Waals surface area (Å²) in [5, 5.41) is 3.20. The van der Waals surface area contributed by atoms with Crippen molar-refractivity contribution in [1.29, 1.82) is 0 Å². The van der Waals surface area contributed by atoms with Crippen LogP contribution in [0.15, 0.2) is 4.99 Å². The number of hydrogen-bond donors (Lipinski definition) is 2. The summed E-state index contributed by atoms with van der Waals surface area (Å²) in [5.41, 5.74) is 5.77. The Morgan fingerprint density at radius 3 is 2.50 bits per heavy atom. The number of halogens is 1. The van der Waals surface area contributed by atoms with E-state index in [2.05, 4.69) is 10.3 Å². The van der Waals surface area contributed by atoms with Crippen LogP contribution in [0, 0.1) is 11.8 Å². The minimum absolute atomic E-state index is 0. The molecule has 2 fully saturated rings. The van der Waals surface area contributed by atoms with Crippen LogP contribution in [0.25, 0.3) is 0 Å². The molecule has 16 heavy (non-hydrogen) atoms. The van der Waals surface area contributed by atoms with Crippen molar-refractivity contribution in [1.82, 2.24) is 5.32 Å². The van der Waals surface area contributed by atoms with Gasteiger partial charge in [0.05, 0.1) is 0 Å². The Hall–Kier alpha value is 0. The van der Waals surface area contributed by atoms with Crippen molar-refractivity contribution in [3.63, 3.8) is 0 Å². The predicted octanol–water partition coefficient (Wildman–Crippen LogP) is 2.50. The molecule has 3 nitrogen and oxygen atoms in total. The van der Waals surface area contributed by atoms with Gasteiger partial charge in [-0.3, -0.25) is 4.99 Å². The molecule has 0 bridgehead atoms. The van der Waals surface area contributed by atoms with E-state index in [1.165, 1.54) is 44.9 Å². The lowest BCUT2D eigenvalue weighted by atomic mass is 9.86. The van der Waals surface area contributed by atoms with E-state index in [-0.39, 0.29) is 24.0 Å². The molecule has 4 heteroatoms. The fourth-order valence-electron chi connectivity index (χ4n) is 1.97. The molecule has 2 saturated carbocycles. The molecule has 0 aromatic carbocycles. The molecule has 0 atom stereocenters. The van der Waals surface area contributed by atoms with Crippen LogP contribution in [-0.2, 0) is 0 Å². The van der Waals surface area contributed by atoms with Crippen molar-refractivity contribution in [2.75, 3.05) is 13.1 Å². The van der Waals surface area contributed by atoms with E-state index >= 15 is 0 Å². The first-order valence-corrected chi connectivity index (χ1v) is 6.38. The van der Waals surface area contributed by atoms with Crippen molar-refractivity contribution in [2.45, 2.75) is 44.9 Å². The molecule has 2 aliphatic carbocycles. The minimum atomic E-state index is 0. The second kappa shape index (κ2) is 7.35. The van der Waals surface area contributed by atoms with Gasteiger partial charge < -0.3 is 11.1 Å². The van der Waals surface area contributed by atoms with Crippen molar-refractivity contribution < 1.29 is 0 Å². The number of hydrogen-bond acceptors (Lipinski definition) is 1. The van der Waals surface area contributed by atoms with E-state index in [9.17, 15) is 0 Å². The molecule has 0 spiro atoms. The van der Waals surface area contributed by atoms with Crippen molar-refractivity contribution in [3.8, 4) is 0 Å². The molecule has 0 heterocycles. The summed E-state index contributed by atoms with van der Waals surface area (Å²) in [6.07, 6.45) is 9.58. The van der Waals surface area contributed by atoms with Gasteiger partial charge in [-0.2, -0.15) is 0 Å². The maximum atomic E-state index is 5.77. The first-order valence-electron chi connectivity index (χ1n) is 6.38. The van der Waals surface area contributed by atoms with E-state index in [0.29, 0.717) is 5.96 Å². The smallest absolute Gasteiger partial charge is 0.188 e. The van der Waals surface area contributed by atoms with Gasteiger partial charge >= 0.3 is 0 Å². The first kappa shape index (κ1) is 14.1. The molecule has 0 unspecified atom stereocenters. The summed E-state index contributed by atoms with van der Waals surface area (Å²) < 4.78 is 0. The van der Waals surface area contributed by atoms with Gasteiger partial charge in [0.2, 0.25) is 0 Å². The second-order valence-electron chi connectivity index (χ2n) is 5.04. The molecular weight excluding hydrogens is 313 g/mol. The standard InChI is InChI=1S/C12H23N3.HI/c13-12(15-9-11-3-1-4-11)14-8-2-5-10-6-7-10;/h10-11H,1-9H2,(H3,13,14,15);1H. The maximum absolute atomic E-state index is 5.77. The zero-order chi connectivity index (χ0) is 10.5. The summed E-state index contributed by atoms with van der Waals surface area (Å²) in [6, 6.07) is 0.